The molecule has 11 rings (SSSR count). The van der Waals surface area contributed by atoms with Crippen molar-refractivity contribution in [3.63, 3.8) is 0 Å². The highest BCUT2D eigenvalue weighted by atomic mass is 16.5. The molecule has 6 aliphatic rings. The normalized spacial score (nSPS) is 24.3. The number of hydrogen-bond donors (Lipinski definition) is 3. The molecule has 72 heavy (non-hydrogen) atoms. The number of benzene rings is 1. The first-order chi connectivity index (χ1) is 35.7. The minimum Gasteiger partial charge on any atom is -0.480 e. The van der Waals surface area contributed by atoms with E-state index in [0.29, 0.717) is 53.2 Å². The second-order valence-electron chi connectivity index (χ2n) is 21.0. The standard InChI is InChI=1S/C54H61N11O7/c1-30-21-35(14-16-61(30)36-7-9-39-40(24-36)52(70)65(51(39)69)42-10-12-46(67)59-49(42)68)60-17-18-62(31(2)29-60)37-8-11-45(56-28-37)58-41-22-34(27-57-50(41)72-6)38-13-15-55-48(47(38)32(3)66)64-20-19-63-43(53(64)71)23-33-25-54(4,5)26-44(33)63/h7-9,11,13,15,22-24,27-28,30-32,35,42,66H,10,12,14,16-21,25-26,29H2,1-6H3,(H,56,58)(H,59,67,68)/t30-,31+,32-,35?,42?/m1/s1/i6D3. The first-order valence-corrected chi connectivity index (χ1v) is 25.0. The predicted octanol–water partition coefficient (Wildman–Crippen LogP) is 5.90. The molecule has 2 unspecified atom stereocenters. The fraction of sp³-hybridized carbons (Fsp3) is 0.444. The molecule has 0 saturated carbocycles. The fourth-order valence-electron chi connectivity index (χ4n) is 12.2. The van der Waals surface area contributed by atoms with E-state index in [-0.39, 0.29) is 58.9 Å². The van der Waals surface area contributed by atoms with Gasteiger partial charge in [0.05, 0.1) is 40.3 Å². The molecule has 5 aromatic rings. The molecule has 3 N–H and O–H groups in total. The summed E-state index contributed by atoms with van der Waals surface area (Å²) in [7, 11) is -2.80. The van der Waals surface area contributed by atoms with E-state index in [2.05, 4.69) is 67.6 Å². The van der Waals surface area contributed by atoms with Crippen LogP contribution in [0.15, 0.2) is 67.1 Å². The number of rotatable bonds is 10. The van der Waals surface area contributed by atoms with Gasteiger partial charge in [0.1, 0.15) is 29.1 Å². The van der Waals surface area contributed by atoms with Crippen LogP contribution in [0, 0.1) is 5.41 Å². The van der Waals surface area contributed by atoms with Crippen molar-refractivity contribution in [1.29, 1.82) is 0 Å². The highest BCUT2D eigenvalue weighted by molar-refractivity contribution is 6.23. The van der Waals surface area contributed by atoms with Gasteiger partial charge in [-0.1, -0.05) is 13.8 Å². The number of aliphatic hydroxyl groups is 1. The maximum absolute atomic E-state index is 14.2. The van der Waals surface area contributed by atoms with E-state index in [1.54, 1.807) is 48.5 Å². The van der Waals surface area contributed by atoms with Crippen LogP contribution in [-0.2, 0) is 29.0 Å². The van der Waals surface area contributed by atoms with Gasteiger partial charge < -0.3 is 29.5 Å². The van der Waals surface area contributed by atoms with Crippen LogP contribution in [-0.4, -0.2) is 128 Å². The number of piperidine rings is 2. The van der Waals surface area contributed by atoms with E-state index in [9.17, 15) is 29.1 Å². The number of imide groups is 2. The largest absolute Gasteiger partial charge is 0.480 e. The highest BCUT2D eigenvalue weighted by Crippen LogP contribution is 2.42. The molecular formula is C54H61N11O7. The van der Waals surface area contributed by atoms with E-state index < -0.39 is 42.8 Å². The number of aliphatic hydroxyl groups excluding tert-OH is 1. The van der Waals surface area contributed by atoms with Crippen molar-refractivity contribution in [2.24, 2.45) is 5.41 Å². The average molecular weight is 979 g/mol. The van der Waals surface area contributed by atoms with Gasteiger partial charge in [0.2, 0.25) is 17.7 Å². The summed E-state index contributed by atoms with van der Waals surface area (Å²) >= 11 is 0. The number of nitrogens with zero attached hydrogens (tertiary/aromatic N) is 9. The molecule has 3 saturated heterocycles. The SMILES string of the molecule is [2H]C([2H])([2H])Oc1ncc(-c2ccnc(N3CCn4c(cc5c4CC(C)(C)C5)C3=O)c2[C@@H](C)O)cc1Nc1ccc(N2CCN(C3CCN(c4ccc5c(c4)C(=O)N(C4CCC(=O)NC4=O)C5=O)[C@H](C)C3)C[C@@H]2C)cn1. The number of methoxy groups -OCH3 is 1. The van der Waals surface area contributed by atoms with E-state index >= 15 is 0 Å². The number of pyridine rings is 3. The van der Waals surface area contributed by atoms with E-state index in [4.69, 9.17) is 13.8 Å². The molecule has 5 amide bonds. The molecule has 4 aromatic heterocycles. The maximum Gasteiger partial charge on any atom is 0.276 e. The second kappa shape index (κ2) is 18.1. The van der Waals surface area contributed by atoms with Crippen LogP contribution >= 0.6 is 0 Å². The van der Waals surface area contributed by atoms with E-state index in [1.165, 1.54) is 17.5 Å². The monoisotopic (exact) mass is 978 g/mol. The third-order valence-electron chi connectivity index (χ3n) is 15.6. The number of anilines is 5. The lowest BCUT2D eigenvalue weighted by atomic mass is 9.90. The maximum atomic E-state index is 14.2. The molecule has 3 fully saturated rings. The second-order valence-corrected chi connectivity index (χ2v) is 21.0. The number of piperazine rings is 1. The molecule has 374 valence electrons. The summed E-state index contributed by atoms with van der Waals surface area (Å²) in [6, 6.07) is 14.2. The van der Waals surface area contributed by atoms with Gasteiger partial charge in [0.25, 0.3) is 17.7 Å². The third kappa shape index (κ3) is 8.23. The van der Waals surface area contributed by atoms with Gasteiger partial charge in [-0.2, -0.15) is 0 Å². The lowest BCUT2D eigenvalue weighted by Crippen LogP contribution is -2.58. The molecule has 18 heteroatoms. The minimum atomic E-state index is -2.80. The topological polar surface area (TPSA) is 199 Å². The van der Waals surface area contributed by atoms with Crippen molar-refractivity contribution in [1.82, 2.24) is 34.6 Å². The number of amides is 5. The Morgan fingerprint density at radius 2 is 1.64 bits per heavy atom. The van der Waals surface area contributed by atoms with Crippen molar-refractivity contribution < 1.29 is 37.9 Å². The van der Waals surface area contributed by atoms with Gasteiger partial charge in [-0.25, -0.2) is 15.0 Å². The van der Waals surface area contributed by atoms with Crippen molar-refractivity contribution in [3.05, 3.63) is 101 Å². The van der Waals surface area contributed by atoms with Crippen LogP contribution in [0.5, 0.6) is 5.88 Å². The van der Waals surface area contributed by atoms with E-state index in [1.807, 2.05) is 24.3 Å². The summed E-state index contributed by atoms with van der Waals surface area (Å²) in [4.78, 5) is 89.0. The zero-order valence-corrected chi connectivity index (χ0v) is 41.1. The Kier molecular flexibility index (Phi) is 11.0. The lowest BCUT2D eigenvalue weighted by Gasteiger charge is -2.48. The van der Waals surface area contributed by atoms with Crippen molar-refractivity contribution in [3.8, 4) is 17.0 Å². The van der Waals surface area contributed by atoms with Crippen LogP contribution in [0.1, 0.15) is 119 Å². The molecular weight excluding hydrogens is 915 g/mol. The molecule has 1 aliphatic carbocycles. The Labute approximate surface area is 422 Å². The Balaban J connectivity index is 0.753. The van der Waals surface area contributed by atoms with Crippen molar-refractivity contribution in [2.45, 2.75) is 110 Å². The summed E-state index contributed by atoms with van der Waals surface area (Å²) in [5, 5.41) is 16.8. The number of carbonyl (C=O) groups is 5. The zero-order valence-electron chi connectivity index (χ0n) is 44.1. The summed E-state index contributed by atoms with van der Waals surface area (Å²) in [5.74, 6) is -1.65. The minimum absolute atomic E-state index is 0.0653. The van der Waals surface area contributed by atoms with Crippen molar-refractivity contribution >= 4 is 58.2 Å². The van der Waals surface area contributed by atoms with Gasteiger partial charge in [-0.15, -0.1) is 0 Å². The number of carbonyl (C=O) groups excluding carboxylic acids is 5. The van der Waals surface area contributed by atoms with Crippen LogP contribution in [0.4, 0.5) is 28.7 Å². The van der Waals surface area contributed by atoms with Gasteiger partial charge in [0.15, 0.2) is 0 Å². The lowest BCUT2D eigenvalue weighted by molar-refractivity contribution is -0.136. The third-order valence-corrected chi connectivity index (χ3v) is 15.6. The number of nitrogens with one attached hydrogen (secondary N) is 2. The first kappa shape index (κ1) is 43.6. The van der Waals surface area contributed by atoms with E-state index in [0.717, 1.165) is 68.1 Å². The number of aromatic nitrogens is 4. The van der Waals surface area contributed by atoms with Crippen LogP contribution in [0.25, 0.3) is 11.1 Å². The Bertz CT molecular complexity index is 3160. The molecule has 1 aromatic carbocycles. The Morgan fingerprint density at radius 3 is 2.39 bits per heavy atom. The van der Waals surface area contributed by atoms with Gasteiger partial charge >= 0.3 is 0 Å². The summed E-state index contributed by atoms with van der Waals surface area (Å²) in [6.07, 6.45) is 7.63. The Hall–Kier alpha value is -7.18. The van der Waals surface area contributed by atoms with Crippen LogP contribution in [0.3, 0.4) is 0 Å². The molecule has 0 bridgehead atoms. The first-order valence-electron chi connectivity index (χ1n) is 26.5. The Morgan fingerprint density at radius 1 is 0.833 bits per heavy atom. The van der Waals surface area contributed by atoms with Gasteiger partial charge in [0, 0.05) is 98.7 Å². The smallest absolute Gasteiger partial charge is 0.276 e. The molecule has 9 heterocycles. The summed E-state index contributed by atoms with van der Waals surface area (Å²) in [6.45, 7) is 14.7. The molecule has 0 radical (unpaired) electrons. The zero-order chi connectivity index (χ0) is 52.8. The van der Waals surface area contributed by atoms with Crippen LogP contribution < -0.4 is 30.1 Å². The predicted molar refractivity (Wildman–Crippen MR) is 271 cm³/mol. The molecule has 0 spiro atoms. The van der Waals surface area contributed by atoms with Gasteiger partial charge in [-0.05, 0) is 118 Å². The van der Waals surface area contributed by atoms with Gasteiger partial charge in [-0.3, -0.25) is 44.0 Å². The summed E-state index contributed by atoms with van der Waals surface area (Å²) in [5.41, 5.74) is 7.27. The molecule has 18 nitrogen and oxygen atoms in total. The average Bonchev–Trinajstić information content (AvgIpc) is 3.96. The van der Waals surface area contributed by atoms with Crippen LogP contribution in [0.2, 0.25) is 0 Å². The number of ether oxygens (including phenoxy) is 1. The van der Waals surface area contributed by atoms with Crippen molar-refractivity contribution in [2.75, 3.05) is 59.8 Å². The number of fused-ring (bicyclic) bond motifs is 4. The summed E-state index contributed by atoms with van der Waals surface area (Å²) < 4.78 is 31.2. The quantitative estimate of drug-likeness (QED) is 0.140. The fourth-order valence-corrected chi connectivity index (χ4v) is 12.2. The molecule has 5 atom stereocenters. The number of hydrogen-bond acceptors (Lipinski definition) is 14. The molecule has 5 aliphatic heterocycles. The highest BCUT2D eigenvalue weighted by Gasteiger charge is 2.45.